The van der Waals surface area contributed by atoms with Gasteiger partial charge in [0.25, 0.3) is 0 Å². The van der Waals surface area contributed by atoms with Gasteiger partial charge in [-0.05, 0) is 55.0 Å². The van der Waals surface area contributed by atoms with Crippen molar-refractivity contribution in [3.8, 4) is 17.1 Å². The fourth-order valence-corrected chi connectivity index (χ4v) is 3.93. The molecule has 2 aromatic rings. The minimum absolute atomic E-state index is 0.795. The standard InChI is InChI=1S/C27H40N2O/c1-2-3-4-5-6-10-13-24-21-28-27(29-22-24)25-16-18-26(19-17-25)30-20-11-8-7-9-12-23-14-15-23/h16-19,21-23H,2-15,20H2,1H3. The molecule has 0 unspecified atom stereocenters. The van der Waals surface area contributed by atoms with E-state index in [1.807, 2.05) is 24.5 Å². The number of hydrogen-bond donors (Lipinski definition) is 0. The van der Waals surface area contributed by atoms with E-state index in [-0.39, 0.29) is 0 Å². The van der Waals surface area contributed by atoms with Crippen molar-refractivity contribution < 1.29 is 4.74 Å². The van der Waals surface area contributed by atoms with Crippen LogP contribution in [0.1, 0.15) is 96.0 Å². The number of benzene rings is 1. The monoisotopic (exact) mass is 408 g/mol. The summed E-state index contributed by atoms with van der Waals surface area (Å²) < 4.78 is 5.89. The minimum atomic E-state index is 0.795. The first-order valence-corrected chi connectivity index (χ1v) is 12.4. The molecule has 1 fully saturated rings. The predicted molar refractivity (Wildman–Crippen MR) is 126 cm³/mol. The molecule has 1 saturated carbocycles. The number of aromatic nitrogens is 2. The van der Waals surface area contributed by atoms with Crippen molar-refractivity contribution in [3.63, 3.8) is 0 Å². The lowest BCUT2D eigenvalue weighted by atomic mass is 10.1. The SMILES string of the molecule is CCCCCCCCc1cnc(-c2ccc(OCCCCCCC3CC3)cc2)nc1. The summed E-state index contributed by atoms with van der Waals surface area (Å²) in [4.78, 5) is 9.15. The molecule has 0 radical (unpaired) electrons. The number of ether oxygens (including phenoxy) is 1. The second kappa shape index (κ2) is 13.4. The number of rotatable bonds is 16. The van der Waals surface area contributed by atoms with E-state index in [9.17, 15) is 0 Å². The van der Waals surface area contributed by atoms with Gasteiger partial charge in [0.15, 0.2) is 5.82 Å². The van der Waals surface area contributed by atoms with Crippen molar-refractivity contribution in [2.75, 3.05) is 6.61 Å². The van der Waals surface area contributed by atoms with Crippen molar-refractivity contribution in [2.24, 2.45) is 5.92 Å². The molecule has 3 heteroatoms. The van der Waals surface area contributed by atoms with Crippen molar-refractivity contribution >= 4 is 0 Å². The van der Waals surface area contributed by atoms with Crippen LogP contribution in [0.2, 0.25) is 0 Å². The molecule has 0 atom stereocenters. The van der Waals surface area contributed by atoms with Crippen LogP contribution in [0, 0.1) is 5.92 Å². The third kappa shape index (κ3) is 8.85. The highest BCUT2D eigenvalue weighted by Gasteiger charge is 2.19. The first-order valence-electron chi connectivity index (χ1n) is 12.4. The van der Waals surface area contributed by atoms with Gasteiger partial charge in [0, 0.05) is 18.0 Å². The van der Waals surface area contributed by atoms with E-state index < -0.39 is 0 Å². The fourth-order valence-electron chi connectivity index (χ4n) is 3.93. The van der Waals surface area contributed by atoms with Crippen LogP contribution in [-0.4, -0.2) is 16.6 Å². The van der Waals surface area contributed by atoms with Crippen LogP contribution in [0.15, 0.2) is 36.7 Å². The average Bonchev–Trinajstić information content (AvgIpc) is 3.61. The molecule has 1 aromatic carbocycles. The molecule has 3 nitrogen and oxygen atoms in total. The highest BCUT2D eigenvalue weighted by Crippen LogP contribution is 2.34. The van der Waals surface area contributed by atoms with Gasteiger partial charge in [-0.2, -0.15) is 0 Å². The van der Waals surface area contributed by atoms with Crippen LogP contribution in [0.3, 0.4) is 0 Å². The first-order chi connectivity index (χ1) is 14.8. The Kier molecular flexibility index (Phi) is 10.2. The number of hydrogen-bond acceptors (Lipinski definition) is 3. The van der Waals surface area contributed by atoms with Gasteiger partial charge in [0.05, 0.1) is 6.61 Å². The molecule has 0 amide bonds. The topological polar surface area (TPSA) is 35.0 Å². The van der Waals surface area contributed by atoms with Gasteiger partial charge in [-0.1, -0.05) is 77.6 Å². The second-order valence-corrected chi connectivity index (χ2v) is 8.95. The Morgan fingerprint density at radius 1 is 0.800 bits per heavy atom. The molecule has 1 aromatic heterocycles. The number of aryl methyl sites for hydroxylation is 1. The fraction of sp³-hybridized carbons (Fsp3) is 0.630. The molecule has 1 heterocycles. The highest BCUT2D eigenvalue weighted by molar-refractivity contribution is 5.55. The Hall–Kier alpha value is -1.90. The third-order valence-electron chi connectivity index (χ3n) is 6.11. The molecule has 0 spiro atoms. The molecule has 164 valence electrons. The van der Waals surface area contributed by atoms with Crippen molar-refractivity contribution in [3.05, 3.63) is 42.2 Å². The van der Waals surface area contributed by atoms with E-state index in [0.29, 0.717) is 0 Å². The van der Waals surface area contributed by atoms with Gasteiger partial charge in [-0.15, -0.1) is 0 Å². The van der Waals surface area contributed by atoms with Gasteiger partial charge in [0.1, 0.15) is 5.75 Å². The van der Waals surface area contributed by atoms with Crippen LogP contribution in [0.5, 0.6) is 5.75 Å². The Labute approximate surface area is 183 Å². The van der Waals surface area contributed by atoms with Gasteiger partial charge in [0.2, 0.25) is 0 Å². The lowest BCUT2D eigenvalue weighted by Crippen LogP contribution is -1.97. The zero-order valence-corrected chi connectivity index (χ0v) is 19.0. The summed E-state index contributed by atoms with van der Waals surface area (Å²) in [7, 11) is 0. The van der Waals surface area contributed by atoms with Crippen molar-refractivity contribution in [2.45, 2.75) is 96.8 Å². The van der Waals surface area contributed by atoms with Crippen LogP contribution in [-0.2, 0) is 6.42 Å². The van der Waals surface area contributed by atoms with Crippen LogP contribution < -0.4 is 4.74 Å². The number of unbranched alkanes of at least 4 members (excludes halogenated alkanes) is 8. The van der Waals surface area contributed by atoms with E-state index in [1.165, 1.54) is 82.6 Å². The van der Waals surface area contributed by atoms with Crippen LogP contribution in [0.4, 0.5) is 0 Å². The molecule has 0 N–H and O–H groups in total. The normalized spacial score (nSPS) is 13.5. The quantitative estimate of drug-likeness (QED) is 0.266. The Bertz CT molecular complexity index is 692. The maximum Gasteiger partial charge on any atom is 0.159 e. The largest absolute Gasteiger partial charge is 0.494 e. The lowest BCUT2D eigenvalue weighted by Gasteiger charge is -2.07. The second-order valence-electron chi connectivity index (χ2n) is 8.95. The summed E-state index contributed by atoms with van der Waals surface area (Å²) >= 11 is 0. The van der Waals surface area contributed by atoms with Gasteiger partial charge >= 0.3 is 0 Å². The Balaban J connectivity index is 1.31. The van der Waals surface area contributed by atoms with Gasteiger partial charge in [-0.25, -0.2) is 9.97 Å². The van der Waals surface area contributed by atoms with Gasteiger partial charge < -0.3 is 4.74 Å². The predicted octanol–water partition coefficient (Wildman–Crippen LogP) is 7.79. The van der Waals surface area contributed by atoms with E-state index in [1.54, 1.807) is 0 Å². The Morgan fingerprint density at radius 3 is 2.20 bits per heavy atom. The lowest BCUT2D eigenvalue weighted by molar-refractivity contribution is 0.304. The zero-order chi connectivity index (χ0) is 20.9. The zero-order valence-electron chi connectivity index (χ0n) is 19.0. The van der Waals surface area contributed by atoms with Crippen molar-refractivity contribution in [1.82, 2.24) is 9.97 Å². The highest BCUT2D eigenvalue weighted by atomic mass is 16.5. The van der Waals surface area contributed by atoms with Crippen molar-refractivity contribution in [1.29, 1.82) is 0 Å². The molecule has 0 aliphatic heterocycles. The smallest absolute Gasteiger partial charge is 0.159 e. The molecule has 0 bridgehead atoms. The summed E-state index contributed by atoms with van der Waals surface area (Å²) in [5.41, 5.74) is 2.29. The molecule has 30 heavy (non-hydrogen) atoms. The van der Waals surface area contributed by atoms with Gasteiger partial charge in [-0.3, -0.25) is 0 Å². The third-order valence-corrected chi connectivity index (χ3v) is 6.11. The molecule has 1 aliphatic rings. The van der Waals surface area contributed by atoms with E-state index in [0.717, 1.165) is 42.5 Å². The van der Waals surface area contributed by atoms with E-state index in [2.05, 4.69) is 29.0 Å². The molecule has 1 aliphatic carbocycles. The number of nitrogens with zero attached hydrogens (tertiary/aromatic N) is 2. The maximum atomic E-state index is 5.89. The summed E-state index contributed by atoms with van der Waals surface area (Å²) in [6.45, 7) is 3.07. The molecular formula is C27H40N2O. The summed E-state index contributed by atoms with van der Waals surface area (Å²) in [5.74, 6) is 2.81. The summed E-state index contributed by atoms with van der Waals surface area (Å²) in [6, 6.07) is 8.20. The first kappa shape index (κ1) is 22.8. The van der Waals surface area contributed by atoms with Crippen LogP contribution in [0.25, 0.3) is 11.4 Å². The minimum Gasteiger partial charge on any atom is -0.494 e. The van der Waals surface area contributed by atoms with E-state index in [4.69, 9.17) is 4.74 Å². The summed E-state index contributed by atoms with van der Waals surface area (Å²) in [5, 5.41) is 0. The summed E-state index contributed by atoms with van der Waals surface area (Å²) in [6.07, 6.45) is 22.6. The van der Waals surface area contributed by atoms with E-state index >= 15 is 0 Å². The van der Waals surface area contributed by atoms with Crippen LogP contribution >= 0.6 is 0 Å². The maximum absolute atomic E-state index is 5.89. The molecule has 0 saturated heterocycles. The molecular weight excluding hydrogens is 368 g/mol. The Morgan fingerprint density at radius 2 is 1.47 bits per heavy atom. The molecule has 3 rings (SSSR count). The average molecular weight is 409 g/mol.